The largest absolute Gasteiger partial charge is 0.396 e. The molecule has 98 valence electrons. The number of nitriles is 1. The van der Waals surface area contributed by atoms with Crippen molar-refractivity contribution in [3.63, 3.8) is 0 Å². The van der Waals surface area contributed by atoms with E-state index in [9.17, 15) is 4.79 Å². The van der Waals surface area contributed by atoms with Crippen LogP contribution in [-0.2, 0) is 0 Å². The fourth-order valence-corrected chi connectivity index (χ4v) is 1.53. The minimum Gasteiger partial charge on any atom is -0.396 e. The maximum Gasteiger partial charge on any atom is 0.267 e. The van der Waals surface area contributed by atoms with Gasteiger partial charge in [0.1, 0.15) is 11.8 Å². The highest BCUT2D eigenvalue weighted by Gasteiger charge is 2.15. The summed E-state index contributed by atoms with van der Waals surface area (Å²) >= 11 is 0. The standard InChI is InChI=1S/C13H19N3O2/c1-13(2,9-17)4-3-5-15-12(18)11-6-10(7-14)8-16-11/h6,8,16-17H,3-5,9H2,1-2H3,(H,15,18). The fourth-order valence-electron chi connectivity index (χ4n) is 1.53. The SMILES string of the molecule is CC(C)(CO)CCCNC(=O)c1cc(C#N)c[nH]1. The second-order valence-electron chi connectivity index (χ2n) is 5.10. The summed E-state index contributed by atoms with van der Waals surface area (Å²) in [5.74, 6) is -0.210. The van der Waals surface area contributed by atoms with E-state index in [-0.39, 0.29) is 17.9 Å². The first kappa shape index (κ1) is 14.3. The third-order valence-corrected chi connectivity index (χ3v) is 2.80. The number of hydrogen-bond acceptors (Lipinski definition) is 3. The van der Waals surface area contributed by atoms with Crippen molar-refractivity contribution in [3.8, 4) is 6.07 Å². The highest BCUT2D eigenvalue weighted by Crippen LogP contribution is 2.20. The molecule has 0 saturated carbocycles. The Bertz CT molecular complexity index is 443. The van der Waals surface area contributed by atoms with Gasteiger partial charge in [-0.3, -0.25) is 4.79 Å². The van der Waals surface area contributed by atoms with Crippen molar-refractivity contribution in [1.82, 2.24) is 10.3 Å². The lowest BCUT2D eigenvalue weighted by atomic mass is 9.89. The lowest BCUT2D eigenvalue weighted by molar-refractivity contribution is 0.0944. The summed E-state index contributed by atoms with van der Waals surface area (Å²) in [6.07, 6.45) is 3.16. The smallest absolute Gasteiger partial charge is 0.267 e. The third-order valence-electron chi connectivity index (χ3n) is 2.80. The van der Waals surface area contributed by atoms with Crippen LogP contribution in [0.15, 0.2) is 12.3 Å². The monoisotopic (exact) mass is 249 g/mol. The Kier molecular flexibility index (Phi) is 4.93. The molecule has 0 saturated heterocycles. The molecule has 0 aliphatic carbocycles. The number of hydrogen-bond donors (Lipinski definition) is 3. The molecule has 0 unspecified atom stereocenters. The van der Waals surface area contributed by atoms with E-state index < -0.39 is 0 Å². The van der Waals surface area contributed by atoms with Gasteiger partial charge >= 0.3 is 0 Å². The number of aromatic amines is 1. The average molecular weight is 249 g/mol. The van der Waals surface area contributed by atoms with E-state index in [4.69, 9.17) is 10.4 Å². The number of nitrogens with zero attached hydrogens (tertiary/aromatic N) is 1. The van der Waals surface area contributed by atoms with Crippen molar-refractivity contribution in [3.05, 3.63) is 23.5 Å². The number of H-pyrrole nitrogens is 1. The molecular weight excluding hydrogens is 230 g/mol. The van der Waals surface area contributed by atoms with Crippen LogP contribution in [0, 0.1) is 16.7 Å². The van der Waals surface area contributed by atoms with Crippen molar-refractivity contribution in [1.29, 1.82) is 5.26 Å². The maximum atomic E-state index is 11.7. The summed E-state index contributed by atoms with van der Waals surface area (Å²) in [6, 6.07) is 3.48. The number of amides is 1. The van der Waals surface area contributed by atoms with Gasteiger partial charge in [-0.25, -0.2) is 0 Å². The lowest BCUT2D eigenvalue weighted by Gasteiger charge is -2.21. The molecule has 1 heterocycles. The van der Waals surface area contributed by atoms with E-state index in [1.807, 2.05) is 19.9 Å². The summed E-state index contributed by atoms with van der Waals surface area (Å²) in [4.78, 5) is 14.4. The van der Waals surface area contributed by atoms with Gasteiger partial charge in [0.05, 0.1) is 5.56 Å². The number of aromatic nitrogens is 1. The molecule has 5 heteroatoms. The van der Waals surface area contributed by atoms with Gasteiger partial charge in [-0.15, -0.1) is 0 Å². The van der Waals surface area contributed by atoms with Crippen molar-refractivity contribution in [2.45, 2.75) is 26.7 Å². The minimum atomic E-state index is -0.210. The first-order valence-electron chi connectivity index (χ1n) is 5.96. The predicted octanol–water partition coefficient (Wildman–Crippen LogP) is 1.41. The van der Waals surface area contributed by atoms with E-state index in [1.165, 1.54) is 12.3 Å². The van der Waals surface area contributed by atoms with Crippen molar-refractivity contribution >= 4 is 5.91 Å². The molecular formula is C13H19N3O2. The summed E-state index contributed by atoms with van der Waals surface area (Å²) in [7, 11) is 0. The Labute approximate surface area is 107 Å². The number of rotatable bonds is 6. The molecule has 18 heavy (non-hydrogen) atoms. The van der Waals surface area contributed by atoms with Gasteiger partial charge in [-0.2, -0.15) is 5.26 Å². The van der Waals surface area contributed by atoms with Gasteiger partial charge in [0.15, 0.2) is 0 Å². The summed E-state index contributed by atoms with van der Waals surface area (Å²) in [6.45, 7) is 4.67. The summed E-state index contributed by atoms with van der Waals surface area (Å²) < 4.78 is 0. The van der Waals surface area contributed by atoms with E-state index >= 15 is 0 Å². The number of nitrogens with one attached hydrogen (secondary N) is 2. The van der Waals surface area contributed by atoms with Crippen LogP contribution >= 0.6 is 0 Å². The minimum absolute atomic E-state index is 0.106. The zero-order valence-corrected chi connectivity index (χ0v) is 10.8. The van der Waals surface area contributed by atoms with Gasteiger partial charge in [0, 0.05) is 19.3 Å². The molecule has 1 aromatic heterocycles. The zero-order valence-electron chi connectivity index (χ0n) is 10.8. The van der Waals surface area contributed by atoms with E-state index in [0.717, 1.165) is 12.8 Å². The Morgan fingerprint density at radius 3 is 2.89 bits per heavy atom. The molecule has 0 fully saturated rings. The number of carbonyl (C=O) groups is 1. The topological polar surface area (TPSA) is 88.9 Å². The Hall–Kier alpha value is -1.80. The molecule has 0 aromatic carbocycles. The number of aliphatic hydroxyl groups excluding tert-OH is 1. The van der Waals surface area contributed by atoms with Crippen LogP contribution in [0.5, 0.6) is 0 Å². The summed E-state index contributed by atoms with van der Waals surface area (Å²) in [5, 5.41) is 20.5. The normalized spacial score (nSPS) is 11.0. The zero-order chi connectivity index (χ0) is 13.6. The molecule has 1 amide bonds. The Balaban J connectivity index is 2.32. The quantitative estimate of drug-likeness (QED) is 0.666. The Morgan fingerprint density at radius 1 is 1.61 bits per heavy atom. The number of aliphatic hydroxyl groups is 1. The van der Waals surface area contributed by atoms with Gasteiger partial charge in [-0.05, 0) is 24.3 Å². The van der Waals surface area contributed by atoms with Gasteiger partial charge < -0.3 is 15.4 Å². The molecule has 0 atom stereocenters. The van der Waals surface area contributed by atoms with E-state index in [1.54, 1.807) is 0 Å². The first-order valence-corrected chi connectivity index (χ1v) is 5.96. The molecule has 1 aromatic rings. The van der Waals surface area contributed by atoms with Gasteiger partial charge in [0.2, 0.25) is 0 Å². The predicted molar refractivity (Wildman–Crippen MR) is 67.9 cm³/mol. The van der Waals surface area contributed by atoms with Crippen LogP contribution in [0.4, 0.5) is 0 Å². The highest BCUT2D eigenvalue weighted by molar-refractivity contribution is 5.92. The second kappa shape index (κ2) is 6.22. The summed E-state index contributed by atoms with van der Waals surface area (Å²) in [5.41, 5.74) is 0.736. The van der Waals surface area contributed by atoms with Crippen LogP contribution in [0.3, 0.4) is 0 Å². The highest BCUT2D eigenvalue weighted by atomic mass is 16.3. The van der Waals surface area contributed by atoms with Crippen LogP contribution < -0.4 is 5.32 Å². The molecule has 5 nitrogen and oxygen atoms in total. The molecule has 0 radical (unpaired) electrons. The maximum absolute atomic E-state index is 11.7. The van der Waals surface area contributed by atoms with Crippen LogP contribution in [0.1, 0.15) is 42.7 Å². The molecule has 0 aliphatic rings. The average Bonchev–Trinajstić information content (AvgIpc) is 2.83. The van der Waals surface area contributed by atoms with E-state index in [2.05, 4.69) is 10.3 Å². The Morgan fingerprint density at radius 2 is 2.33 bits per heavy atom. The second-order valence-corrected chi connectivity index (χ2v) is 5.10. The number of carbonyl (C=O) groups excluding carboxylic acids is 1. The van der Waals surface area contributed by atoms with Crippen LogP contribution in [0.2, 0.25) is 0 Å². The molecule has 0 spiro atoms. The first-order chi connectivity index (χ1) is 8.48. The van der Waals surface area contributed by atoms with Crippen LogP contribution in [-0.4, -0.2) is 29.1 Å². The van der Waals surface area contributed by atoms with Gasteiger partial charge in [0.25, 0.3) is 5.91 Å². The van der Waals surface area contributed by atoms with Crippen LogP contribution in [0.25, 0.3) is 0 Å². The van der Waals surface area contributed by atoms with Gasteiger partial charge in [-0.1, -0.05) is 13.8 Å². The lowest BCUT2D eigenvalue weighted by Crippen LogP contribution is -2.26. The van der Waals surface area contributed by atoms with Crippen molar-refractivity contribution in [2.75, 3.05) is 13.2 Å². The van der Waals surface area contributed by atoms with E-state index in [0.29, 0.717) is 17.8 Å². The fraction of sp³-hybridized carbons (Fsp3) is 0.538. The molecule has 1 rings (SSSR count). The molecule has 3 N–H and O–H groups in total. The van der Waals surface area contributed by atoms with Crippen molar-refractivity contribution in [2.24, 2.45) is 5.41 Å². The third kappa shape index (κ3) is 4.22. The van der Waals surface area contributed by atoms with Crippen molar-refractivity contribution < 1.29 is 9.90 Å². The molecule has 0 bridgehead atoms. The molecule has 0 aliphatic heterocycles.